The van der Waals surface area contributed by atoms with E-state index in [1.165, 1.54) is 18.3 Å². The number of aromatic nitrogens is 2. The highest BCUT2D eigenvalue weighted by atomic mass is 19.4. The topological polar surface area (TPSA) is 136 Å². The molecule has 8 rings (SSSR count). The summed E-state index contributed by atoms with van der Waals surface area (Å²) < 4.78 is 93.6. The number of fused-ring (bicyclic) bond motifs is 1. The van der Waals surface area contributed by atoms with Gasteiger partial charge in [0.05, 0.1) is 40.5 Å². The SMILES string of the molecule is CC[C@H](NC(=O)[C@@H]1C[C@@](C)(NC(=O)Nc2ccc(C(F)(F)F)cc2)c2ncc(NCc3cccc(C(F)(F)F)c3)c(=O)n21)B1O[C@@H]2C3CC(C[C@]2(C)O1)C3(C)C. The highest BCUT2D eigenvalue weighted by Crippen LogP contribution is 2.64. The van der Waals surface area contributed by atoms with Crippen LogP contribution in [0.4, 0.5) is 42.5 Å². The largest absolute Gasteiger partial charge is 0.481 e. The standard InChI is InChI=1S/C38H43BF6N6O5/c1-6-28(39-55-29-25-15-23(34(25,2)3)16-36(29,5)56-39)49-30(52)27-17-35(4,50-33(54)48-24-12-10-21(11-13-24)37(40,41)42)32-47-19-26(31(53)51(27)32)46-18-20-8-7-9-22(14-20)38(43,44)45/h7-14,19,23,25,27-29,46H,6,15-18H2,1-5H3,(H,49,52)(H2,48,50,54)/t23?,25?,27-,28-,29+,35+,36-/m0/s1. The van der Waals surface area contributed by atoms with E-state index < -0.39 is 71.2 Å². The number of hydrogen-bond donors (Lipinski definition) is 4. The molecule has 18 heteroatoms. The van der Waals surface area contributed by atoms with Crippen molar-refractivity contribution in [2.45, 2.75) is 108 Å². The summed E-state index contributed by atoms with van der Waals surface area (Å²) in [6, 6.07) is 6.36. The maximum Gasteiger partial charge on any atom is 0.481 e. The van der Waals surface area contributed by atoms with Crippen molar-refractivity contribution in [1.29, 1.82) is 0 Å². The Labute approximate surface area is 319 Å². The van der Waals surface area contributed by atoms with Gasteiger partial charge in [-0.1, -0.05) is 32.9 Å². The van der Waals surface area contributed by atoms with Crippen LogP contribution in [0.25, 0.3) is 0 Å². The zero-order valence-corrected chi connectivity index (χ0v) is 31.4. The van der Waals surface area contributed by atoms with Gasteiger partial charge in [-0.05, 0) is 92.3 Å². The van der Waals surface area contributed by atoms with E-state index in [9.17, 15) is 40.7 Å². The van der Waals surface area contributed by atoms with Crippen molar-refractivity contribution in [3.05, 3.63) is 87.6 Å². The summed E-state index contributed by atoms with van der Waals surface area (Å²) in [6.07, 6.45) is -5.97. The van der Waals surface area contributed by atoms with Gasteiger partial charge in [-0.25, -0.2) is 9.78 Å². The number of carbonyl (C=O) groups is 2. The molecular weight excluding hydrogens is 745 g/mol. The Morgan fingerprint density at radius 2 is 1.70 bits per heavy atom. The number of amides is 3. The number of halogens is 6. The first-order valence-electron chi connectivity index (χ1n) is 18.5. The molecule has 56 heavy (non-hydrogen) atoms. The number of nitrogens with zero attached hydrogens (tertiary/aromatic N) is 2. The fourth-order valence-corrected chi connectivity index (χ4v) is 8.94. The molecule has 300 valence electrons. The van der Waals surface area contributed by atoms with Crippen molar-refractivity contribution in [2.24, 2.45) is 17.3 Å². The smallest absolute Gasteiger partial charge is 0.404 e. The Hall–Kier alpha value is -4.58. The molecule has 4 fully saturated rings. The summed E-state index contributed by atoms with van der Waals surface area (Å²) in [5.41, 5.74) is -4.13. The van der Waals surface area contributed by atoms with Crippen molar-refractivity contribution >= 4 is 30.4 Å². The minimum absolute atomic E-state index is 0.0109. The van der Waals surface area contributed by atoms with Gasteiger partial charge in [0.25, 0.3) is 5.56 Å². The minimum atomic E-state index is -4.57. The first-order valence-corrected chi connectivity index (χ1v) is 18.5. The molecule has 3 aliphatic carbocycles. The van der Waals surface area contributed by atoms with Gasteiger partial charge < -0.3 is 30.6 Å². The van der Waals surface area contributed by atoms with Crippen LogP contribution in [-0.4, -0.2) is 46.3 Å². The van der Waals surface area contributed by atoms with Crippen molar-refractivity contribution in [1.82, 2.24) is 20.2 Å². The van der Waals surface area contributed by atoms with Gasteiger partial charge >= 0.3 is 25.5 Å². The van der Waals surface area contributed by atoms with Crippen molar-refractivity contribution in [3.63, 3.8) is 0 Å². The third kappa shape index (κ3) is 7.14. The van der Waals surface area contributed by atoms with Crippen molar-refractivity contribution in [2.75, 3.05) is 10.6 Å². The fraction of sp³-hybridized carbons (Fsp3) is 0.526. The number of alkyl halides is 6. The van der Waals surface area contributed by atoms with E-state index in [1.807, 2.05) is 13.8 Å². The van der Waals surface area contributed by atoms with E-state index >= 15 is 0 Å². The fourth-order valence-electron chi connectivity index (χ4n) is 8.94. The zero-order chi connectivity index (χ0) is 40.6. The number of nitrogens with one attached hydrogen (secondary N) is 4. The highest BCUT2D eigenvalue weighted by molar-refractivity contribution is 6.47. The average molecular weight is 789 g/mol. The Morgan fingerprint density at radius 1 is 1.00 bits per heavy atom. The Balaban J connectivity index is 1.14. The first-order chi connectivity index (χ1) is 26.1. The van der Waals surface area contributed by atoms with Gasteiger partial charge in [0.15, 0.2) is 0 Å². The van der Waals surface area contributed by atoms with Crippen LogP contribution in [0.2, 0.25) is 0 Å². The van der Waals surface area contributed by atoms with Crippen LogP contribution < -0.4 is 26.8 Å². The van der Waals surface area contributed by atoms with Gasteiger partial charge in [0.2, 0.25) is 5.91 Å². The summed E-state index contributed by atoms with van der Waals surface area (Å²) >= 11 is 0. The number of carbonyl (C=O) groups excluding carboxylic acids is 2. The molecule has 1 saturated heterocycles. The van der Waals surface area contributed by atoms with E-state index in [4.69, 9.17) is 9.31 Å². The van der Waals surface area contributed by atoms with Crippen LogP contribution in [0.15, 0.2) is 59.5 Å². The van der Waals surface area contributed by atoms with E-state index in [-0.39, 0.29) is 47.2 Å². The van der Waals surface area contributed by atoms with Crippen LogP contribution >= 0.6 is 0 Å². The Morgan fingerprint density at radius 3 is 2.34 bits per heavy atom. The summed E-state index contributed by atoms with van der Waals surface area (Å²) in [4.78, 5) is 46.2. The molecule has 3 amide bonds. The third-order valence-electron chi connectivity index (χ3n) is 12.2. The molecule has 1 aromatic heterocycles. The van der Waals surface area contributed by atoms with Gasteiger partial charge in [-0.15, -0.1) is 0 Å². The predicted molar refractivity (Wildman–Crippen MR) is 194 cm³/mol. The lowest BCUT2D eigenvalue weighted by atomic mass is 9.45. The first kappa shape index (κ1) is 39.7. The summed E-state index contributed by atoms with van der Waals surface area (Å²) in [7, 11) is -0.760. The number of rotatable bonds is 9. The van der Waals surface area contributed by atoms with Crippen LogP contribution in [0, 0.1) is 17.3 Å². The quantitative estimate of drug-likeness (QED) is 0.135. The van der Waals surface area contributed by atoms with Gasteiger partial charge in [-0.2, -0.15) is 26.3 Å². The summed E-state index contributed by atoms with van der Waals surface area (Å²) in [5.74, 6) is -0.377. The summed E-state index contributed by atoms with van der Waals surface area (Å²) in [6.45, 7) is 9.77. The van der Waals surface area contributed by atoms with E-state index in [0.29, 0.717) is 18.3 Å². The molecule has 3 saturated carbocycles. The maximum atomic E-state index is 14.3. The van der Waals surface area contributed by atoms with Crippen LogP contribution in [0.5, 0.6) is 0 Å². The molecule has 2 aromatic carbocycles. The highest BCUT2D eigenvalue weighted by Gasteiger charge is 2.67. The second-order valence-corrected chi connectivity index (χ2v) is 16.4. The number of anilines is 2. The molecule has 3 aromatic rings. The molecule has 5 aliphatic rings. The third-order valence-corrected chi connectivity index (χ3v) is 12.2. The lowest BCUT2D eigenvalue weighted by molar-refractivity contribution is -0.185. The van der Waals surface area contributed by atoms with Gasteiger partial charge in [-0.3, -0.25) is 14.2 Å². The second kappa shape index (κ2) is 13.8. The molecule has 4 N–H and O–H groups in total. The molecule has 0 spiro atoms. The Kier molecular flexibility index (Phi) is 9.78. The molecule has 3 heterocycles. The molecule has 2 unspecified atom stereocenters. The monoisotopic (exact) mass is 788 g/mol. The van der Waals surface area contributed by atoms with Crippen LogP contribution in [0.1, 0.15) is 88.9 Å². The van der Waals surface area contributed by atoms with Crippen molar-refractivity contribution in [3.8, 4) is 0 Å². The Bertz CT molecular complexity index is 2080. The molecule has 11 nitrogen and oxygen atoms in total. The van der Waals surface area contributed by atoms with Crippen molar-refractivity contribution < 1.29 is 45.2 Å². The molecule has 2 bridgehead atoms. The molecule has 7 atom stereocenters. The van der Waals surface area contributed by atoms with E-state index in [0.717, 1.165) is 53.8 Å². The zero-order valence-electron chi connectivity index (χ0n) is 31.4. The van der Waals surface area contributed by atoms with Gasteiger partial charge in [0.1, 0.15) is 17.6 Å². The van der Waals surface area contributed by atoms with Gasteiger partial charge in [0, 0.05) is 18.7 Å². The number of benzene rings is 2. The van der Waals surface area contributed by atoms with Crippen LogP contribution in [-0.2, 0) is 38.5 Å². The maximum absolute atomic E-state index is 14.3. The van der Waals surface area contributed by atoms with E-state index in [2.05, 4.69) is 40.1 Å². The normalized spacial score (nSPS) is 28.1. The average Bonchev–Trinajstić information content (AvgIpc) is 3.64. The molecular formula is C38H43BF6N6O5. The lowest BCUT2D eigenvalue weighted by Crippen LogP contribution is -2.63. The minimum Gasteiger partial charge on any atom is -0.404 e. The number of urea groups is 1. The van der Waals surface area contributed by atoms with Crippen LogP contribution in [0.3, 0.4) is 0 Å². The van der Waals surface area contributed by atoms with E-state index in [1.54, 1.807) is 6.92 Å². The lowest BCUT2D eigenvalue weighted by Gasteiger charge is -2.63. The summed E-state index contributed by atoms with van der Waals surface area (Å²) in [5, 5.41) is 11.1. The number of hydrogen-bond acceptors (Lipinski definition) is 7. The molecule has 2 aliphatic heterocycles. The molecule has 0 radical (unpaired) electrons. The predicted octanol–water partition coefficient (Wildman–Crippen LogP) is 7.04. The second-order valence-electron chi connectivity index (χ2n) is 16.4.